The Balaban J connectivity index is 2.14. The molecule has 10 nitrogen and oxygen atoms in total. The van der Waals surface area contributed by atoms with Gasteiger partial charge >= 0.3 is 0 Å². The Bertz CT molecular complexity index is 1020. The molecule has 0 aromatic heterocycles. The van der Waals surface area contributed by atoms with E-state index in [1.807, 2.05) is 0 Å². The quantitative estimate of drug-likeness (QED) is 0.0294. The van der Waals surface area contributed by atoms with Gasteiger partial charge in [0.25, 0.3) is 0 Å². The lowest BCUT2D eigenvalue weighted by Gasteiger charge is -2.40. The third-order valence-corrected chi connectivity index (χ3v) is 14.3. The smallest absolute Gasteiger partial charge is 0.220 e. The number of unbranched alkanes of at least 4 members (excludes halogenated alkanes) is 39. The molecular formula is C56H111NO9. The predicted molar refractivity (Wildman–Crippen MR) is 274 cm³/mol. The summed E-state index contributed by atoms with van der Waals surface area (Å²) in [5.74, 6) is -0.251. The Morgan fingerprint density at radius 3 is 1.12 bits per heavy atom. The summed E-state index contributed by atoms with van der Waals surface area (Å²) in [5.41, 5.74) is 0. The van der Waals surface area contributed by atoms with Gasteiger partial charge in [0, 0.05) is 6.42 Å². The van der Waals surface area contributed by atoms with Crippen molar-refractivity contribution < 1.29 is 44.9 Å². The number of aliphatic hydroxyl groups is 6. The van der Waals surface area contributed by atoms with E-state index in [1.54, 1.807) is 0 Å². The molecule has 1 rings (SSSR count). The van der Waals surface area contributed by atoms with Crippen molar-refractivity contribution in [2.24, 2.45) is 0 Å². The van der Waals surface area contributed by atoms with Gasteiger partial charge in [-0.2, -0.15) is 0 Å². The third kappa shape index (κ3) is 35.3. The number of carbonyl (C=O) groups is 1. The highest BCUT2D eigenvalue weighted by Crippen LogP contribution is 2.24. The highest BCUT2D eigenvalue weighted by molar-refractivity contribution is 5.76. The minimum absolute atomic E-state index is 0.251. The summed E-state index contributed by atoms with van der Waals surface area (Å²) in [4.78, 5) is 13.1. The first-order valence-electron chi connectivity index (χ1n) is 28.8. The minimum Gasteiger partial charge on any atom is -0.394 e. The van der Waals surface area contributed by atoms with Crippen LogP contribution in [0.3, 0.4) is 0 Å². The molecule has 8 atom stereocenters. The lowest BCUT2D eigenvalue weighted by atomic mass is 9.98. The van der Waals surface area contributed by atoms with Gasteiger partial charge in [-0.05, 0) is 12.8 Å². The largest absolute Gasteiger partial charge is 0.394 e. The zero-order valence-corrected chi connectivity index (χ0v) is 43.3. The first-order valence-corrected chi connectivity index (χ1v) is 28.8. The molecule has 0 bridgehead atoms. The monoisotopic (exact) mass is 942 g/mol. The number of nitrogens with one attached hydrogen (secondary N) is 1. The number of aliphatic hydroxyl groups excluding tert-OH is 6. The van der Waals surface area contributed by atoms with Gasteiger partial charge < -0.3 is 45.4 Å². The Morgan fingerprint density at radius 1 is 0.470 bits per heavy atom. The zero-order valence-electron chi connectivity index (χ0n) is 43.3. The molecule has 0 saturated carbocycles. The Hall–Kier alpha value is -0.850. The molecule has 2 unspecified atom stereocenters. The number of hydrogen-bond acceptors (Lipinski definition) is 9. The van der Waals surface area contributed by atoms with Crippen LogP contribution in [-0.4, -0.2) is 98.7 Å². The van der Waals surface area contributed by atoms with Gasteiger partial charge in [-0.15, -0.1) is 0 Å². The van der Waals surface area contributed by atoms with Crippen molar-refractivity contribution in [3.05, 3.63) is 0 Å². The Labute approximate surface area is 407 Å². The second-order valence-electron chi connectivity index (χ2n) is 20.6. The first kappa shape index (κ1) is 63.2. The SMILES string of the molecule is CCCCCCCCCCCCCCCCCCCCCCCCCCCCCCCCC(=O)N[C@@H](CO[C@@H]1O[C@H](CO)[C@H](O)C(O)C1O)[C@H](O)[C@H](O)CCCCCCCCCCCCC. The maximum atomic E-state index is 13.1. The second-order valence-corrected chi connectivity index (χ2v) is 20.6. The second kappa shape index (κ2) is 46.5. The van der Waals surface area contributed by atoms with E-state index in [0.29, 0.717) is 6.42 Å². The van der Waals surface area contributed by atoms with E-state index in [-0.39, 0.29) is 18.9 Å². The topological polar surface area (TPSA) is 169 Å². The predicted octanol–water partition coefficient (Wildman–Crippen LogP) is 12.8. The van der Waals surface area contributed by atoms with E-state index in [4.69, 9.17) is 9.47 Å². The number of amides is 1. The normalized spacial score (nSPS) is 20.2. The van der Waals surface area contributed by atoms with E-state index < -0.39 is 55.6 Å². The van der Waals surface area contributed by atoms with Crippen molar-refractivity contribution in [3.63, 3.8) is 0 Å². The molecule has 10 heteroatoms. The van der Waals surface area contributed by atoms with Crippen LogP contribution in [0.5, 0.6) is 0 Å². The fourth-order valence-electron chi connectivity index (χ4n) is 9.67. The van der Waals surface area contributed by atoms with E-state index in [2.05, 4.69) is 19.2 Å². The molecule has 0 aliphatic carbocycles. The maximum absolute atomic E-state index is 13.1. The van der Waals surface area contributed by atoms with Gasteiger partial charge in [0.2, 0.25) is 5.91 Å². The number of rotatable bonds is 50. The molecule has 66 heavy (non-hydrogen) atoms. The molecule has 0 aromatic rings. The fourth-order valence-corrected chi connectivity index (χ4v) is 9.67. The van der Waals surface area contributed by atoms with Crippen LogP contribution >= 0.6 is 0 Å². The Morgan fingerprint density at radius 2 is 0.788 bits per heavy atom. The van der Waals surface area contributed by atoms with Gasteiger partial charge in [0.1, 0.15) is 30.5 Å². The van der Waals surface area contributed by atoms with Crippen LogP contribution in [0, 0.1) is 0 Å². The highest BCUT2D eigenvalue weighted by Gasteiger charge is 2.44. The van der Waals surface area contributed by atoms with Crippen molar-refractivity contribution in [2.75, 3.05) is 13.2 Å². The summed E-state index contributed by atoms with van der Waals surface area (Å²) in [7, 11) is 0. The van der Waals surface area contributed by atoms with Crippen LogP contribution in [0.15, 0.2) is 0 Å². The number of carbonyl (C=O) groups excluding carboxylic acids is 1. The van der Waals surface area contributed by atoms with Crippen LogP contribution in [-0.2, 0) is 14.3 Å². The summed E-state index contributed by atoms with van der Waals surface area (Å²) in [5, 5.41) is 65.3. The van der Waals surface area contributed by atoms with Crippen LogP contribution in [0.4, 0.5) is 0 Å². The molecule has 0 radical (unpaired) electrons. The lowest BCUT2D eigenvalue weighted by molar-refractivity contribution is -0.303. The van der Waals surface area contributed by atoms with Gasteiger partial charge in [0.05, 0.1) is 25.4 Å². The molecule has 1 heterocycles. The number of hydrogen-bond donors (Lipinski definition) is 7. The van der Waals surface area contributed by atoms with Crippen molar-refractivity contribution in [1.29, 1.82) is 0 Å². The maximum Gasteiger partial charge on any atom is 0.220 e. The summed E-state index contributed by atoms with van der Waals surface area (Å²) in [6.07, 6.45) is 44.3. The van der Waals surface area contributed by atoms with Crippen molar-refractivity contribution in [1.82, 2.24) is 5.32 Å². The van der Waals surface area contributed by atoms with Gasteiger partial charge in [-0.25, -0.2) is 0 Å². The summed E-state index contributed by atoms with van der Waals surface area (Å²) in [6.45, 7) is 3.63. The Kier molecular flexibility index (Phi) is 44.5. The van der Waals surface area contributed by atoms with E-state index in [1.165, 1.54) is 218 Å². The molecule has 0 spiro atoms. The molecule has 394 valence electrons. The van der Waals surface area contributed by atoms with Crippen molar-refractivity contribution in [3.8, 4) is 0 Å². The fraction of sp³-hybridized carbons (Fsp3) is 0.982. The third-order valence-electron chi connectivity index (χ3n) is 14.3. The standard InChI is InChI=1S/C56H111NO9/c1-3-5-7-9-11-13-15-16-17-18-19-20-21-22-23-24-25-26-27-28-29-30-31-32-33-35-37-39-41-43-45-51(60)57-48(47-65-56-55(64)54(63)53(62)50(46-58)66-56)52(61)49(59)44-42-40-38-36-34-14-12-10-8-6-4-2/h48-50,52-56,58-59,61-64H,3-47H2,1-2H3,(H,57,60)/t48-,49+,50+,52-,53-,54?,55?,56+/m0/s1. The zero-order chi connectivity index (χ0) is 48.1. The molecule has 1 saturated heterocycles. The van der Waals surface area contributed by atoms with Crippen LogP contribution in [0.1, 0.15) is 290 Å². The van der Waals surface area contributed by atoms with Crippen LogP contribution in [0.2, 0.25) is 0 Å². The van der Waals surface area contributed by atoms with Gasteiger partial charge in [0.15, 0.2) is 6.29 Å². The lowest BCUT2D eigenvalue weighted by Crippen LogP contribution is -2.60. The highest BCUT2D eigenvalue weighted by atomic mass is 16.7. The summed E-state index contributed by atoms with van der Waals surface area (Å²) >= 11 is 0. The molecule has 1 aliphatic heterocycles. The van der Waals surface area contributed by atoms with Crippen molar-refractivity contribution in [2.45, 2.75) is 339 Å². The van der Waals surface area contributed by atoms with Gasteiger partial charge in [-0.3, -0.25) is 4.79 Å². The number of ether oxygens (including phenoxy) is 2. The molecule has 0 aromatic carbocycles. The van der Waals surface area contributed by atoms with Crippen LogP contribution in [0.25, 0.3) is 0 Å². The first-order chi connectivity index (χ1) is 32.3. The molecule has 1 aliphatic rings. The summed E-state index contributed by atoms with van der Waals surface area (Å²) in [6, 6.07) is -0.985. The van der Waals surface area contributed by atoms with Gasteiger partial charge in [-0.1, -0.05) is 271 Å². The van der Waals surface area contributed by atoms with Crippen molar-refractivity contribution >= 4 is 5.91 Å². The summed E-state index contributed by atoms with van der Waals surface area (Å²) < 4.78 is 11.2. The van der Waals surface area contributed by atoms with E-state index >= 15 is 0 Å². The van der Waals surface area contributed by atoms with E-state index in [0.717, 1.165) is 44.9 Å². The van der Waals surface area contributed by atoms with E-state index in [9.17, 15) is 35.4 Å². The minimum atomic E-state index is -1.60. The molecular weight excluding hydrogens is 831 g/mol. The average Bonchev–Trinajstić information content (AvgIpc) is 3.32. The average molecular weight is 943 g/mol. The molecule has 1 amide bonds. The van der Waals surface area contributed by atoms with Crippen LogP contribution < -0.4 is 5.32 Å². The molecule has 1 fully saturated rings. The molecule has 7 N–H and O–H groups in total.